The van der Waals surface area contributed by atoms with E-state index in [1.807, 2.05) is 12.2 Å². The number of carboxylic acid groups (broad SMARTS) is 1. The lowest BCUT2D eigenvalue weighted by Gasteiger charge is -2.27. The SMILES string of the molecule is CCCCCCC(=O)CCCCCCC=CCCC(O)C(N)(CO)C(=O)O. The van der Waals surface area contributed by atoms with Crippen molar-refractivity contribution >= 4 is 11.8 Å². The van der Waals surface area contributed by atoms with Crippen molar-refractivity contribution in [3.8, 4) is 0 Å². The van der Waals surface area contributed by atoms with Crippen LogP contribution in [0.25, 0.3) is 0 Å². The van der Waals surface area contributed by atoms with Crippen LogP contribution in [0.1, 0.15) is 90.4 Å². The predicted molar refractivity (Wildman–Crippen MR) is 107 cm³/mol. The Hall–Kier alpha value is -1.24. The number of nitrogens with two attached hydrogens (primary N) is 1. The summed E-state index contributed by atoms with van der Waals surface area (Å²) >= 11 is 0. The molecular formula is C21H39NO5. The molecule has 158 valence electrons. The molecule has 0 aliphatic rings. The monoisotopic (exact) mass is 385 g/mol. The van der Waals surface area contributed by atoms with Gasteiger partial charge in [0, 0.05) is 12.8 Å². The summed E-state index contributed by atoms with van der Waals surface area (Å²) < 4.78 is 0. The lowest BCUT2D eigenvalue weighted by Crippen LogP contribution is -2.60. The largest absolute Gasteiger partial charge is 0.480 e. The molecule has 0 saturated carbocycles. The summed E-state index contributed by atoms with van der Waals surface area (Å²) in [6, 6.07) is 0. The number of unbranched alkanes of at least 4 members (excludes halogenated alkanes) is 7. The topological polar surface area (TPSA) is 121 Å². The van der Waals surface area contributed by atoms with Crippen LogP contribution in [0.2, 0.25) is 0 Å². The van der Waals surface area contributed by atoms with Crippen molar-refractivity contribution in [2.24, 2.45) is 5.73 Å². The number of hydrogen-bond donors (Lipinski definition) is 4. The molecule has 0 rings (SSSR count). The third kappa shape index (κ3) is 12.0. The number of hydrogen-bond acceptors (Lipinski definition) is 5. The molecule has 0 radical (unpaired) electrons. The normalized spacial score (nSPS) is 15.0. The van der Waals surface area contributed by atoms with Crippen LogP contribution in [0, 0.1) is 0 Å². The average molecular weight is 386 g/mol. The molecule has 2 atom stereocenters. The van der Waals surface area contributed by atoms with Gasteiger partial charge in [-0.15, -0.1) is 0 Å². The van der Waals surface area contributed by atoms with Crippen LogP contribution < -0.4 is 5.73 Å². The molecule has 5 N–H and O–H groups in total. The zero-order valence-electron chi connectivity index (χ0n) is 16.9. The number of Topliss-reactive ketones (excluding diaryl/α,β-unsaturated/α-hetero) is 1. The molecule has 0 saturated heterocycles. The van der Waals surface area contributed by atoms with Gasteiger partial charge in [-0.25, -0.2) is 0 Å². The highest BCUT2D eigenvalue weighted by Crippen LogP contribution is 2.14. The minimum absolute atomic E-state index is 0.195. The lowest BCUT2D eigenvalue weighted by atomic mass is 9.91. The van der Waals surface area contributed by atoms with E-state index in [0.717, 1.165) is 51.4 Å². The number of carboxylic acids is 1. The van der Waals surface area contributed by atoms with Crippen LogP contribution in [0.4, 0.5) is 0 Å². The van der Waals surface area contributed by atoms with Gasteiger partial charge in [-0.2, -0.15) is 0 Å². The fraction of sp³-hybridized carbons (Fsp3) is 0.810. The third-order valence-electron chi connectivity index (χ3n) is 4.91. The molecule has 0 heterocycles. The summed E-state index contributed by atoms with van der Waals surface area (Å²) in [5.74, 6) is -1.01. The number of allylic oxidation sites excluding steroid dienone is 2. The minimum Gasteiger partial charge on any atom is -0.480 e. The first-order chi connectivity index (χ1) is 12.9. The molecule has 0 aromatic carbocycles. The molecule has 6 heteroatoms. The lowest BCUT2D eigenvalue weighted by molar-refractivity contribution is -0.150. The number of carbonyl (C=O) groups excluding carboxylic acids is 1. The Morgan fingerprint density at radius 2 is 1.52 bits per heavy atom. The maximum Gasteiger partial charge on any atom is 0.328 e. The van der Waals surface area contributed by atoms with Crippen molar-refractivity contribution in [3.63, 3.8) is 0 Å². The molecular weight excluding hydrogens is 346 g/mol. The van der Waals surface area contributed by atoms with Gasteiger partial charge >= 0.3 is 5.97 Å². The molecule has 0 aromatic rings. The minimum atomic E-state index is -2.00. The van der Waals surface area contributed by atoms with E-state index in [9.17, 15) is 14.7 Å². The third-order valence-corrected chi connectivity index (χ3v) is 4.91. The van der Waals surface area contributed by atoms with Gasteiger partial charge in [0.25, 0.3) is 0 Å². The second-order valence-corrected chi connectivity index (χ2v) is 7.37. The number of ketones is 1. The molecule has 0 aromatic heterocycles. The van der Waals surface area contributed by atoms with E-state index in [0.29, 0.717) is 18.6 Å². The number of rotatable bonds is 18. The van der Waals surface area contributed by atoms with Crippen LogP contribution in [-0.2, 0) is 9.59 Å². The van der Waals surface area contributed by atoms with Crippen molar-refractivity contribution in [1.29, 1.82) is 0 Å². The quantitative estimate of drug-likeness (QED) is 0.212. The van der Waals surface area contributed by atoms with Crippen molar-refractivity contribution in [1.82, 2.24) is 0 Å². The van der Waals surface area contributed by atoms with Crippen LogP contribution >= 0.6 is 0 Å². The maximum atomic E-state index is 11.7. The fourth-order valence-electron chi connectivity index (χ4n) is 2.87. The highest BCUT2D eigenvalue weighted by molar-refractivity contribution is 5.79. The van der Waals surface area contributed by atoms with Crippen LogP contribution in [0.15, 0.2) is 12.2 Å². The van der Waals surface area contributed by atoms with Gasteiger partial charge in [-0.1, -0.05) is 51.2 Å². The molecule has 6 nitrogen and oxygen atoms in total. The first kappa shape index (κ1) is 25.8. The highest BCUT2D eigenvalue weighted by Gasteiger charge is 2.40. The zero-order chi connectivity index (χ0) is 20.5. The van der Waals surface area contributed by atoms with E-state index in [1.165, 1.54) is 12.8 Å². The van der Waals surface area contributed by atoms with Gasteiger partial charge in [-0.3, -0.25) is 9.59 Å². The summed E-state index contributed by atoms with van der Waals surface area (Å²) in [7, 11) is 0. The molecule has 0 amide bonds. The van der Waals surface area contributed by atoms with E-state index in [4.69, 9.17) is 15.9 Å². The fourth-order valence-corrected chi connectivity index (χ4v) is 2.87. The molecule has 0 fully saturated rings. The van der Waals surface area contributed by atoms with Crippen molar-refractivity contribution in [2.45, 2.75) is 102 Å². The second-order valence-electron chi connectivity index (χ2n) is 7.37. The standard InChI is InChI=1S/C21H39NO5/c1-2-3-4-11-14-18(24)15-12-9-7-5-6-8-10-13-16-19(25)21(22,17-23)20(26)27/h8,10,19,23,25H,2-7,9,11-17,22H2,1H3,(H,26,27). The molecule has 0 aliphatic heterocycles. The van der Waals surface area contributed by atoms with E-state index in [1.54, 1.807) is 0 Å². The summed E-state index contributed by atoms with van der Waals surface area (Å²) in [5.41, 5.74) is 3.51. The Labute approximate surface area is 163 Å². The Morgan fingerprint density at radius 3 is 2.07 bits per heavy atom. The number of aliphatic hydroxyl groups excluding tert-OH is 2. The summed E-state index contributed by atoms with van der Waals surface area (Å²) in [4.78, 5) is 22.7. The van der Waals surface area contributed by atoms with Crippen LogP contribution in [0.5, 0.6) is 0 Å². The van der Waals surface area contributed by atoms with Crippen LogP contribution in [0.3, 0.4) is 0 Å². The highest BCUT2D eigenvalue weighted by atomic mass is 16.4. The molecule has 0 spiro atoms. The smallest absolute Gasteiger partial charge is 0.328 e. The van der Waals surface area contributed by atoms with E-state index < -0.39 is 24.2 Å². The maximum absolute atomic E-state index is 11.7. The van der Waals surface area contributed by atoms with Gasteiger partial charge in [0.2, 0.25) is 0 Å². The number of carbonyl (C=O) groups is 2. The Morgan fingerprint density at radius 1 is 0.963 bits per heavy atom. The number of aliphatic hydroxyl groups is 2. The summed E-state index contributed by atoms with van der Waals surface area (Å²) in [6.07, 6.45) is 14.5. The van der Waals surface area contributed by atoms with Gasteiger partial charge in [0.1, 0.15) is 5.78 Å². The first-order valence-electron chi connectivity index (χ1n) is 10.4. The van der Waals surface area contributed by atoms with Gasteiger partial charge in [-0.05, 0) is 38.5 Å². The molecule has 0 bridgehead atoms. The van der Waals surface area contributed by atoms with E-state index >= 15 is 0 Å². The van der Waals surface area contributed by atoms with Crippen LogP contribution in [-0.4, -0.2) is 45.3 Å². The van der Waals surface area contributed by atoms with Crippen molar-refractivity contribution in [3.05, 3.63) is 12.2 Å². The summed E-state index contributed by atoms with van der Waals surface area (Å²) in [5, 5.41) is 27.9. The Bertz CT molecular complexity index is 438. The van der Waals surface area contributed by atoms with Gasteiger partial charge in [0.05, 0.1) is 12.7 Å². The molecule has 2 unspecified atom stereocenters. The van der Waals surface area contributed by atoms with E-state index in [-0.39, 0.29) is 6.42 Å². The average Bonchev–Trinajstić information content (AvgIpc) is 2.65. The molecule has 27 heavy (non-hydrogen) atoms. The number of aliphatic carboxylic acids is 1. The second kappa shape index (κ2) is 15.8. The van der Waals surface area contributed by atoms with Gasteiger partial charge in [0.15, 0.2) is 5.54 Å². The summed E-state index contributed by atoms with van der Waals surface area (Å²) in [6.45, 7) is 1.37. The van der Waals surface area contributed by atoms with E-state index in [2.05, 4.69) is 6.92 Å². The van der Waals surface area contributed by atoms with Gasteiger partial charge < -0.3 is 21.1 Å². The predicted octanol–water partition coefficient (Wildman–Crippen LogP) is 3.34. The Kier molecular flexibility index (Phi) is 15.1. The van der Waals surface area contributed by atoms with Crippen molar-refractivity contribution in [2.75, 3.05) is 6.61 Å². The van der Waals surface area contributed by atoms with Crippen molar-refractivity contribution < 1.29 is 24.9 Å². The first-order valence-corrected chi connectivity index (χ1v) is 10.4. The Balaban J connectivity index is 3.63. The molecule has 0 aliphatic carbocycles. The zero-order valence-corrected chi connectivity index (χ0v) is 16.9.